The summed E-state index contributed by atoms with van der Waals surface area (Å²) in [4.78, 5) is 0. The van der Waals surface area contributed by atoms with Crippen molar-refractivity contribution in [2.45, 2.75) is 70.9 Å². The lowest BCUT2D eigenvalue weighted by molar-refractivity contribution is 0.121. The van der Waals surface area contributed by atoms with Crippen LogP contribution in [0.1, 0.15) is 57.9 Å². The molecule has 0 aromatic heterocycles. The van der Waals surface area contributed by atoms with Crippen molar-refractivity contribution in [3.05, 3.63) is 28.8 Å². The van der Waals surface area contributed by atoms with Gasteiger partial charge in [0, 0.05) is 16.6 Å². The van der Waals surface area contributed by atoms with Crippen LogP contribution in [0.15, 0.2) is 18.2 Å². The molecular formula is C18H28ClNO. The van der Waals surface area contributed by atoms with Crippen LogP contribution in [-0.4, -0.2) is 12.1 Å². The molecule has 0 amide bonds. The molecule has 1 aliphatic carbocycles. The molecule has 1 saturated carbocycles. The van der Waals surface area contributed by atoms with Crippen LogP contribution in [0.4, 0.5) is 0 Å². The van der Waals surface area contributed by atoms with Gasteiger partial charge in [0.25, 0.3) is 0 Å². The topological polar surface area (TPSA) is 35.2 Å². The highest BCUT2D eigenvalue weighted by molar-refractivity contribution is 6.31. The van der Waals surface area contributed by atoms with Gasteiger partial charge in [-0.1, -0.05) is 44.4 Å². The minimum absolute atomic E-state index is 0.141. The Morgan fingerprint density at radius 3 is 2.86 bits per heavy atom. The highest BCUT2D eigenvalue weighted by Gasteiger charge is 2.23. The van der Waals surface area contributed by atoms with Crippen LogP contribution in [0.5, 0.6) is 5.75 Å². The molecule has 3 atom stereocenters. The first-order chi connectivity index (χ1) is 10.1. The maximum absolute atomic E-state index is 6.37. The number of halogens is 1. The van der Waals surface area contributed by atoms with Crippen LogP contribution in [0.3, 0.4) is 0 Å². The number of benzene rings is 1. The maximum Gasteiger partial charge on any atom is 0.124 e. The van der Waals surface area contributed by atoms with Gasteiger partial charge in [0.1, 0.15) is 5.75 Å². The van der Waals surface area contributed by atoms with Crippen molar-refractivity contribution in [2.24, 2.45) is 11.7 Å². The van der Waals surface area contributed by atoms with E-state index in [2.05, 4.69) is 13.8 Å². The van der Waals surface area contributed by atoms with Crippen molar-refractivity contribution in [3.63, 3.8) is 0 Å². The Bertz CT molecular complexity index is 449. The Kier molecular flexibility index (Phi) is 6.38. The molecule has 2 rings (SSSR count). The van der Waals surface area contributed by atoms with Gasteiger partial charge in [-0.05, 0) is 50.2 Å². The molecule has 1 aromatic rings. The summed E-state index contributed by atoms with van der Waals surface area (Å²) >= 11 is 6.37. The number of rotatable bonds is 6. The van der Waals surface area contributed by atoms with Crippen molar-refractivity contribution in [1.82, 2.24) is 0 Å². The van der Waals surface area contributed by atoms with Crippen molar-refractivity contribution in [2.75, 3.05) is 0 Å². The molecule has 1 aliphatic rings. The third kappa shape index (κ3) is 4.62. The van der Waals surface area contributed by atoms with Gasteiger partial charge < -0.3 is 10.5 Å². The first-order valence-corrected chi connectivity index (χ1v) is 8.71. The molecule has 118 valence electrons. The summed E-state index contributed by atoms with van der Waals surface area (Å²) in [5.74, 6) is 1.75. The molecule has 0 heterocycles. The Hall–Kier alpha value is -0.730. The summed E-state index contributed by atoms with van der Waals surface area (Å²) < 4.78 is 6.30. The lowest BCUT2D eigenvalue weighted by Gasteiger charge is -2.30. The van der Waals surface area contributed by atoms with Crippen molar-refractivity contribution in [3.8, 4) is 5.75 Å². The molecule has 0 bridgehead atoms. The van der Waals surface area contributed by atoms with Gasteiger partial charge >= 0.3 is 0 Å². The predicted octanol–water partition coefficient (Wildman–Crippen LogP) is 4.97. The normalized spacial score (nSPS) is 23.8. The Morgan fingerprint density at radius 2 is 2.14 bits per heavy atom. The highest BCUT2D eigenvalue weighted by Crippen LogP contribution is 2.33. The summed E-state index contributed by atoms with van der Waals surface area (Å²) in [6.45, 7) is 4.38. The fraction of sp³-hybridized carbons (Fsp3) is 0.667. The van der Waals surface area contributed by atoms with E-state index in [0.29, 0.717) is 6.10 Å². The highest BCUT2D eigenvalue weighted by atomic mass is 35.5. The van der Waals surface area contributed by atoms with E-state index in [9.17, 15) is 0 Å². The first kappa shape index (κ1) is 16.6. The van der Waals surface area contributed by atoms with Crippen molar-refractivity contribution in [1.29, 1.82) is 0 Å². The molecule has 2 nitrogen and oxygen atoms in total. The van der Waals surface area contributed by atoms with Gasteiger partial charge in [0.15, 0.2) is 0 Å². The van der Waals surface area contributed by atoms with Crippen LogP contribution in [-0.2, 0) is 6.42 Å². The van der Waals surface area contributed by atoms with Gasteiger partial charge in [-0.25, -0.2) is 0 Å². The third-order valence-electron chi connectivity index (χ3n) is 4.67. The van der Waals surface area contributed by atoms with E-state index in [1.165, 1.54) is 25.7 Å². The van der Waals surface area contributed by atoms with Crippen molar-refractivity contribution < 1.29 is 4.74 Å². The lowest BCUT2D eigenvalue weighted by Crippen LogP contribution is -2.26. The molecule has 0 aliphatic heterocycles. The standard InChI is InChI=1S/C18H28ClNO/c1-3-13-7-5-8-15(11-13)21-18-10-6-9-17(19)16(18)12-14(20)4-2/h6,9-10,13-15H,3-5,7-8,11-12,20H2,1-2H3. The molecule has 2 N–H and O–H groups in total. The molecule has 1 aromatic carbocycles. The average Bonchev–Trinajstić information content (AvgIpc) is 2.50. The van der Waals surface area contributed by atoms with E-state index in [0.717, 1.165) is 41.5 Å². The molecule has 0 spiro atoms. The summed E-state index contributed by atoms with van der Waals surface area (Å²) in [5, 5.41) is 0.777. The minimum atomic E-state index is 0.141. The molecule has 1 fully saturated rings. The van der Waals surface area contributed by atoms with E-state index in [4.69, 9.17) is 22.1 Å². The van der Waals surface area contributed by atoms with Crippen LogP contribution >= 0.6 is 11.6 Å². The van der Waals surface area contributed by atoms with Gasteiger partial charge in [0.05, 0.1) is 6.10 Å². The summed E-state index contributed by atoms with van der Waals surface area (Å²) in [6.07, 6.45) is 8.26. The zero-order valence-corrected chi connectivity index (χ0v) is 14.0. The SMILES string of the molecule is CCC(N)Cc1c(Cl)cccc1OC1CCCC(CC)C1. The second kappa shape index (κ2) is 8.05. The quantitative estimate of drug-likeness (QED) is 0.805. The molecular weight excluding hydrogens is 282 g/mol. The van der Waals surface area contributed by atoms with Gasteiger partial charge in [0.2, 0.25) is 0 Å². The largest absolute Gasteiger partial charge is 0.490 e. The van der Waals surface area contributed by atoms with Crippen LogP contribution < -0.4 is 10.5 Å². The Balaban J connectivity index is 2.10. The number of ether oxygens (including phenoxy) is 1. The van der Waals surface area contributed by atoms with E-state index in [1.807, 2.05) is 18.2 Å². The van der Waals surface area contributed by atoms with E-state index < -0.39 is 0 Å². The van der Waals surface area contributed by atoms with E-state index in [1.54, 1.807) is 0 Å². The summed E-state index contributed by atoms with van der Waals surface area (Å²) in [7, 11) is 0. The van der Waals surface area contributed by atoms with Gasteiger partial charge in [-0.2, -0.15) is 0 Å². The van der Waals surface area contributed by atoms with Gasteiger partial charge in [-0.3, -0.25) is 0 Å². The smallest absolute Gasteiger partial charge is 0.124 e. The molecule has 0 radical (unpaired) electrons. The molecule has 21 heavy (non-hydrogen) atoms. The van der Waals surface area contributed by atoms with Crippen LogP contribution in [0.25, 0.3) is 0 Å². The van der Waals surface area contributed by atoms with E-state index in [-0.39, 0.29) is 6.04 Å². The lowest BCUT2D eigenvalue weighted by atomic mass is 9.85. The second-order valence-electron chi connectivity index (χ2n) is 6.27. The molecule has 3 unspecified atom stereocenters. The monoisotopic (exact) mass is 309 g/mol. The molecule has 0 saturated heterocycles. The Morgan fingerprint density at radius 1 is 1.33 bits per heavy atom. The predicted molar refractivity (Wildman–Crippen MR) is 90.1 cm³/mol. The zero-order chi connectivity index (χ0) is 15.2. The van der Waals surface area contributed by atoms with Crippen LogP contribution in [0.2, 0.25) is 5.02 Å². The fourth-order valence-electron chi connectivity index (χ4n) is 3.15. The fourth-order valence-corrected chi connectivity index (χ4v) is 3.40. The summed E-state index contributed by atoms with van der Waals surface area (Å²) in [6, 6.07) is 6.08. The second-order valence-corrected chi connectivity index (χ2v) is 6.68. The van der Waals surface area contributed by atoms with E-state index >= 15 is 0 Å². The number of hydrogen-bond acceptors (Lipinski definition) is 2. The molecule has 3 heteroatoms. The third-order valence-corrected chi connectivity index (χ3v) is 5.03. The number of nitrogens with two attached hydrogens (primary N) is 1. The zero-order valence-electron chi connectivity index (χ0n) is 13.3. The first-order valence-electron chi connectivity index (χ1n) is 8.33. The van der Waals surface area contributed by atoms with Gasteiger partial charge in [-0.15, -0.1) is 0 Å². The number of hydrogen-bond donors (Lipinski definition) is 1. The Labute approximate surface area is 134 Å². The minimum Gasteiger partial charge on any atom is -0.490 e. The maximum atomic E-state index is 6.37. The average molecular weight is 310 g/mol. The summed E-state index contributed by atoms with van der Waals surface area (Å²) in [5.41, 5.74) is 7.18. The van der Waals surface area contributed by atoms with Crippen LogP contribution in [0, 0.1) is 5.92 Å². The van der Waals surface area contributed by atoms with Crippen molar-refractivity contribution >= 4 is 11.6 Å².